The molecule has 0 spiro atoms. The second-order valence-corrected chi connectivity index (χ2v) is 7.61. The van der Waals surface area contributed by atoms with Crippen LogP contribution in [0.3, 0.4) is 0 Å². The summed E-state index contributed by atoms with van der Waals surface area (Å²) in [6.07, 6.45) is -1.05. The van der Waals surface area contributed by atoms with E-state index in [0.29, 0.717) is 23.1 Å². The van der Waals surface area contributed by atoms with Gasteiger partial charge in [-0.1, -0.05) is 17.7 Å². The van der Waals surface area contributed by atoms with Gasteiger partial charge in [0.1, 0.15) is 11.6 Å². The second kappa shape index (κ2) is 9.52. The van der Waals surface area contributed by atoms with Crippen molar-refractivity contribution < 1.29 is 22.4 Å². The fraction of sp³-hybridized carbons (Fsp3) is 0.0870. The van der Waals surface area contributed by atoms with Crippen LogP contribution in [0.15, 0.2) is 67.0 Å². The molecule has 0 unspecified atom stereocenters. The zero-order valence-corrected chi connectivity index (χ0v) is 18.0. The molecular weight excluding hydrogens is 474 g/mol. The first-order valence-electron chi connectivity index (χ1n) is 9.88. The number of rotatable bonds is 5. The minimum atomic E-state index is -4.68. The van der Waals surface area contributed by atoms with Crippen LogP contribution >= 0.6 is 11.6 Å². The molecule has 2 amide bonds. The van der Waals surface area contributed by atoms with E-state index in [1.165, 1.54) is 18.2 Å². The smallest absolute Gasteiger partial charge is 0.360 e. The molecule has 0 bridgehead atoms. The minimum absolute atomic E-state index is 0.146. The van der Waals surface area contributed by atoms with Crippen LogP contribution in [0.25, 0.3) is 11.4 Å². The third-order valence-electron chi connectivity index (χ3n) is 4.75. The average molecular weight is 490 g/mol. The normalized spacial score (nSPS) is 11.3. The van der Waals surface area contributed by atoms with Crippen LogP contribution in [0.5, 0.6) is 0 Å². The Bertz CT molecular complexity index is 1330. The number of benzene rings is 2. The first kappa shape index (κ1) is 23.2. The molecule has 2 heterocycles. The van der Waals surface area contributed by atoms with Gasteiger partial charge in [-0.2, -0.15) is 13.2 Å². The van der Waals surface area contributed by atoms with Gasteiger partial charge in [0.05, 0.1) is 27.7 Å². The first-order chi connectivity index (χ1) is 16.2. The van der Waals surface area contributed by atoms with Gasteiger partial charge in [-0.05, 0) is 54.1 Å². The predicted octanol–water partition coefficient (Wildman–Crippen LogP) is 6.52. The molecule has 3 N–H and O–H groups in total. The van der Waals surface area contributed by atoms with Gasteiger partial charge in [-0.15, -0.1) is 0 Å². The number of alkyl halides is 3. The number of nitrogens with one attached hydrogen (secondary N) is 3. The molecule has 0 aliphatic heterocycles. The van der Waals surface area contributed by atoms with E-state index in [-0.39, 0.29) is 17.8 Å². The monoisotopic (exact) mass is 489 g/mol. The molecule has 2 aromatic carbocycles. The molecule has 0 aliphatic rings. The Kier molecular flexibility index (Phi) is 6.51. The number of amides is 2. The number of hydrogen-bond acceptors (Lipinski definition) is 3. The Hall–Kier alpha value is -3.92. The molecule has 0 saturated carbocycles. The second-order valence-electron chi connectivity index (χ2n) is 7.20. The van der Waals surface area contributed by atoms with Crippen LogP contribution in [0.1, 0.15) is 17.0 Å². The SMILES string of the molecule is O=C(Nc1ccc(Cl)c(C(F)(F)F)c1)Nc1ccc(Cc2nccc(-c3ccc[nH]3)n2)cc1F. The number of hydrogen-bond donors (Lipinski definition) is 3. The van der Waals surface area contributed by atoms with Crippen molar-refractivity contribution in [2.75, 3.05) is 10.6 Å². The first-order valence-corrected chi connectivity index (χ1v) is 10.3. The van der Waals surface area contributed by atoms with Gasteiger partial charge >= 0.3 is 12.2 Å². The van der Waals surface area contributed by atoms with Gasteiger partial charge in [-0.3, -0.25) is 0 Å². The summed E-state index contributed by atoms with van der Waals surface area (Å²) in [4.78, 5) is 23.9. The van der Waals surface area contributed by atoms with E-state index in [2.05, 4.69) is 25.6 Å². The third-order valence-corrected chi connectivity index (χ3v) is 5.08. The van der Waals surface area contributed by atoms with Crippen molar-refractivity contribution in [3.63, 3.8) is 0 Å². The molecule has 11 heteroatoms. The van der Waals surface area contributed by atoms with Crippen LogP contribution in [-0.2, 0) is 12.6 Å². The average Bonchev–Trinajstić information content (AvgIpc) is 3.31. The highest BCUT2D eigenvalue weighted by molar-refractivity contribution is 6.31. The summed E-state index contributed by atoms with van der Waals surface area (Å²) in [5, 5.41) is 4.01. The summed E-state index contributed by atoms with van der Waals surface area (Å²) in [5.74, 6) is -0.242. The van der Waals surface area contributed by atoms with E-state index in [9.17, 15) is 22.4 Å². The Balaban J connectivity index is 1.43. The van der Waals surface area contributed by atoms with E-state index in [4.69, 9.17) is 11.6 Å². The Morgan fingerprint density at radius 2 is 1.88 bits per heavy atom. The number of halogens is 5. The Morgan fingerprint density at radius 1 is 1.06 bits per heavy atom. The van der Waals surface area contributed by atoms with E-state index in [1.54, 1.807) is 24.5 Å². The van der Waals surface area contributed by atoms with E-state index in [0.717, 1.165) is 11.8 Å². The topological polar surface area (TPSA) is 82.7 Å². The summed E-state index contributed by atoms with van der Waals surface area (Å²) < 4.78 is 53.5. The highest BCUT2D eigenvalue weighted by Gasteiger charge is 2.33. The number of anilines is 2. The van der Waals surface area contributed by atoms with Crippen LogP contribution in [0, 0.1) is 5.82 Å². The summed E-state index contributed by atoms with van der Waals surface area (Å²) in [5.41, 5.74) is 0.701. The van der Waals surface area contributed by atoms with Gasteiger partial charge < -0.3 is 15.6 Å². The number of carbonyl (C=O) groups is 1. The largest absolute Gasteiger partial charge is 0.417 e. The number of urea groups is 1. The summed E-state index contributed by atoms with van der Waals surface area (Å²) in [7, 11) is 0. The lowest BCUT2D eigenvalue weighted by Crippen LogP contribution is -2.20. The van der Waals surface area contributed by atoms with Gasteiger partial charge in [0, 0.05) is 24.5 Å². The lowest BCUT2D eigenvalue weighted by Gasteiger charge is -2.13. The molecule has 2 aromatic heterocycles. The zero-order chi connectivity index (χ0) is 24.3. The maximum Gasteiger partial charge on any atom is 0.417 e. The molecular formula is C23H16ClF4N5O. The number of nitrogens with zero attached hydrogens (tertiary/aromatic N) is 2. The third kappa shape index (κ3) is 5.52. The van der Waals surface area contributed by atoms with Crippen molar-refractivity contribution >= 4 is 29.0 Å². The lowest BCUT2D eigenvalue weighted by molar-refractivity contribution is -0.137. The summed E-state index contributed by atoms with van der Waals surface area (Å²) in [6.45, 7) is 0. The molecule has 174 valence electrons. The predicted molar refractivity (Wildman–Crippen MR) is 120 cm³/mol. The molecule has 0 aliphatic carbocycles. The highest BCUT2D eigenvalue weighted by atomic mass is 35.5. The molecule has 0 fully saturated rings. The molecule has 34 heavy (non-hydrogen) atoms. The van der Waals surface area contributed by atoms with Crippen LogP contribution < -0.4 is 10.6 Å². The van der Waals surface area contributed by atoms with Gasteiger partial charge in [0.25, 0.3) is 0 Å². The maximum absolute atomic E-state index is 14.6. The standard InChI is InChI=1S/C23H16ClF4N5O/c24-16-5-4-14(12-15(16)23(26,27)28)31-22(34)33-18-6-3-13(10-17(18)25)11-21-30-9-7-20(32-21)19-2-1-8-29-19/h1-10,12,29H,11H2,(H2,31,33,34). The summed E-state index contributed by atoms with van der Waals surface area (Å²) in [6, 6.07) is 11.6. The molecule has 0 radical (unpaired) electrons. The number of carbonyl (C=O) groups excluding carboxylic acids is 1. The molecule has 0 saturated heterocycles. The molecule has 4 aromatic rings. The fourth-order valence-corrected chi connectivity index (χ4v) is 3.41. The van der Waals surface area contributed by atoms with E-state index >= 15 is 0 Å². The quantitative estimate of drug-likeness (QED) is 0.279. The number of aromatic nitrogens is 3. The maximum atomic E-state index is 14.6. The Labute approximate surface area is 196 Å². The van der Waals surface area contributed by atoms with Crippen molar-refractivity contribution in [3.8, 4) is 11.4 Å². The molecule has 0 atom stereocenters. The van der Waals surface area contributed by atoms with Crippen LogP contribution in [0.4, 0.5) is 33.7 Å². The van der Waals surface area contributed by atoms with Crippen molar-refractivity contribution in [1.82, 2.24) is 15.0 Å². The zero-order valence-electron chi connectivity index (χ0n) is 17.3. The minimum Gasteiger partial charge on any atom is -0.360 e. The molecule has 6 nitrogen and oxygen atoms in total. The van der Waals surface area contributed by atoms with Gasteiger partial charge in [0.15, 0.2) is 0 Å². The van der Waals surface area contributed by atoms with Crippen molar-refractivity contribution in [1.29, 1.82) is 0 Å². The van der Waals surface area contributed by atoms with Crippen molar-refractivity contribution in [3.05, 3.63) is 94.8 Å². The highest BCUT2D eigenvalue weighted by Crippen LogP contribution is 2.36. The fourth-order valence-electron chi connectivity index (χ4n) is 3.18. The Morgan fingerprint density at radius 3 is 2.59 bits per heavy atom. The molecule has 4 rings (SSSR count). The van der Waals surface area contributed by atoms with Crippen LogP contribution in [-0.4, -0.2) is 21.0 Å². The van der Waals surface area contributed by atoms with E-state index < -0.39 is 28.6 Å². The summed E-state index contributed by atoms with van der Waals surface area (Å²) >= 11 is 5.57. The number of aromatic amines is 1. The lowest BCUT2D eigenvalue weighted by atomic mass is 10.1. The van der Waals surface area contributed by atoms with Crippen LogP contribution in [0.2, 0.25) is 5.02 Å². The number of H-pyrrole nitrogens is 1. The van der Waals surface area contributed by atoms with Gasteiger partial charge in [-0.25, -0.2) is 19.2 Å². The van der Waals surface area contributed by atoms with Crippen molar-refractivity contribution in [2.24, 2.45) is 0 Å². The van der Waals surface area contributed by atoms with E-state index in [1.807, 2.05) is 12.1 Å². The van der Waals surface area contributed by atoms with Crippen molar-refractivity contribution in [2.45, 2.75) is 12.6 Å². The van der Waals surface area contributed by atoms with Gasteiger partial charge in [0.2, 0.25) is 0 Å².